The van der Waals surface area contributed by atoms with Crippen molar-refractivity contribution >= 4 is 10.0 Å². The Hall–Kier alpha value is -0.910. The largest absolute Gasteiger partial charge is 0.316 e. The van der Waals surface area contributed by atoms with Crippen molar-refractivity contribution in [1.82, 2.24) is 10.0 Å². The van der Waals surface area contributed by atoms with Crippen molar-refractivity contribution in [2.24, 2.45) is 0 Å². The van der Waals surface area contributed by atoms with E-state index in [2.05, 4.69) is 10.0 Å². The molecular weight excluding hydrogens is 260 g/mol. The van der Waals surface area contributed by atoms with Crippen LogP contribution in [0, 0.1) is 6.92 Å². The van der Waals surface area contributed by atoms with E-state index in [1.807, 2.05) is 26.1 Å². The van der Waals surface area contributed by atoms with Gasteiger partial charge in [0, 0.05) is 12.6 Å². The quantitative estimate of drug-likeness (QED) is 0.867. The lowest BCUT2D eigenvalue weighted by Gasteiger charge is -2.15. The SMILES string of the molecule is CNCc1ccc(C)c(S(=O)(=O)NC2CCCC2)c1. The summed E-state index contributed by atoms with van der Waals surface area (Å²) in [6, 6.07) is 5.71. The van der Waals surface area contributed by atoms with Gasteiger partial charge < -0.3 is 5.32 Å². The van der Waals surface area contributed by atoms with Gasteiger partial charge in [-0.3, -0.25) is 0 Å². The van der Waals surface area contributed by atoms with Crippen LogP contribution in [0.2, 0.25) is 0 Å². The highest BCUT2D eigenvalue weighted by atomic mass is 32.2. The van der Waals surface area contributed by atoms with Crippen LogP contribution >= 0.6 is 0 Å². The molecule has 0 unspecified atom stereocenters. The second kappa shape index (κ2) is 6.03. The van der Waals surface area contributed by atoms with Gasteiger partial charge in [-0.25, -0.2) is 13.1 Å². The highest BCUT2D eigenvalue weighted by Crippen LogP contribution is 2.22. The van der Waals surface area contributed by atoms with Crippen LogP contribution in [-0.2, 0) is 16.6 Å². The summed E-state index contributed by atoms with van der Waals surface area (Å²) in [6.45, 7) is 2.51. The fourth-order valence-corrected chi connectivity index (χ4v) is 4.17. The van der Waals surface area contributed by atoms with Crippen molar-refractivity contribution in [3.05, 3.63) is 29.3 Å². The molecule has 1 aromatic rings. The molecule has 1 fully saturated rings. The maximum absolute atomic E-state index is 12.4. The van der Waals surface area contributed by atoms with E-state index >= 15 is 0 Å². The number of aryl methyl sites for hydroxylation is 1. The first-order valence-electron chi connectivity index (χ1n) is 6.79. The predicted octanol–water partition coefficient (Wildman–Crippen LogP) is 1.94. The van der Waals surface area contributed by atoms with E-state index in [9.17, 15) is 8.42 Å². The molecule has 4 nitrogen and oxygen atoms in total. The Balaban J connectivity index is 2.25. The monoisotopic (exact) mass is 282 g/mol. The summed E-state index contributed by atoms with van der Waals surface area (Å²) in [5, 5.41) is 3.04. The molecule has 0 heterocycles. The lowest BCUT2D eigenvalue weighted by Crippen LogP contribution is -2.33. The van der Waals surface area contributed by atoms with E-state index in [-0.39, 0.29) is 6.04 Å². The molecule has 0 radical (unpaired) electrons. The first-order valence-corrected chi connectivity index (χ1v) is 8.28. The Morgan fingerprint density at radius 3 is 2.58 bits per heavy atom. The normalized spacial score (nSPS) is 16.9. The van der Waals surface area contributed by atoms with E-state index in [0.717, 1.165) is 36.8 Å². The number of nitrogens with one attached hydrogen (secondary N) is 2. The minimum atomic E-state index is -3.39. The maximum Gasteiger partial charge on any atom is 0.241 e. The zero-order chi connectivity index (χ0) is 13.9. The molecule has 0 saturated heterocycles. The van der Waals surface area contributed by atoms with Crippen molar-refractivity contribution in [3.8, 4) is 0 Å². The van der Waals surface area contributed by atoms with Gasteiger partial charge in [0.2, 0.25) is 10.0 Å². The van der Waals surface area contributed by atoms with E-state index in [4.69, 9.17) is 0 Å². The van der Waals surface area contributed by atoms with E-state index in [1.165, 1.54) is 0 Å². The van der Waals surface area contributed by atoms with Crippen LogP contribution in [0.3, 0.4) is 0 Å². The summed E-state index contributed by atoms with van der Waals surface area (Å²) in [4.78, 5) is 0.409. The van der Waals surface area contributed by atoms with Gasteiger partial charge in [-0.15, -0.1) is 0 Å². The second-order valence-corrected chi connectivity index (χ2v) is 6.92. The molecule has 1 aliphatic carbocycles. The van der Waals surface area contributed by atoms with Gasteiger partial charge in [-0.2, -0.15) is 0 Å². The summed E-state index contributed by atoms with van der Waals surface area (Å²) in [6.07, 6.45) is 4.14. The summed E-state index contributed by atoms with van der Waals surface area (Å²) in [5.41, 5.74) is 1.78. The van der Waals surface area contributed by atoms with Gasteiger partial charge in [0.15, 0.2) is 0 Å². The molecule has 0 spiro atoms. The predicted molar refractivity (Wildman–Crippen MR) is 76.5 cm³/mol. The summed E-state index contributed by atoms with van der Waals surface area (Å²) >= 11 is 0. The molecular formula is C14H22N2O2S. The molecule has 0 amide bonds. The Bertz CT molecular complexity index is 534. The van der Waals surface area contributed by atoms with Gasteiger partial charge in [-0.05, 0) is 44.0 Å². The molecule has 1 aliphatic rings. The van der Waals surface area contributed by atoms with Crippen molar-refractivity contribution in [1.29, 1.82) is 0 Å². The number of hydrogen-bond acceptors (Lipinski definition) is 3. The maximum atomic E-state index is 12.4. The van der Waals surface area contributed by atoms with Crippen LogP contribution < -0.4 is 10.0 Å². The van der Waals surface area contributed by atoms with Crippen LogP contribution in [0.25, 0.3) is 0 Å². The minimum Gasteiger partial charge on any atom is -0.316 e. The molecule has 5 heteroatoms. The Labute approximate surface area is 115 Å². The van der Waals surface area contributed by atoms with Gasteiger partial charge in [0.05, 0.1) is 4.90 Å². The smallest absolute Gasteiger partial charge is 0.241 e. The first-order chi connectivity index (χ1) is 9.03. The van der Waals surface area contributed by atoms with Gasteiger partial charge in [-0.1, -0.05) is 25.0 Å². The van der Waals surface area contributed by atoms with Crippen molar-refractivity contribution < 1.29 is 8.42 Å². The summed E-state index contributed by atoms with van der Waals surface area (Å²) in [5.74, 6) is 0. The van der Waals surface area contributed by atoms with Gasteiger partial charge in [0.1, 0.15) is 0 Å². The fraction of sp³-hybridized carbons (Fsp3) is 0.571. The number of benzene rings is 1. The molecule has 2 rings (SSSR count). The summed E-state index contributed by atoms with van der Waals surface area (Å²) < 4.78 is 27.7. The second-order valence-electron chi connectivity index (χ2n) is 5.23. The lowest BCUT2D eigenvalue weighted by atomic mass is 10.1. The van der Waals surface area contributed by atoms with Gasteiger partial charge >= 0.3 is 0 Å². The molecule has 1 saturated carbocycles. The lowest BCUT2D eigenvalue weighted by molar-refractivity contribution is 0.551. The zero-order valence-corrected chi connectivity index (χ0v) is 12.4. The number of hydrogen-bond donors (Lipinski definition) is 2. The van der Waals surface area contributed by atoms with Crippen molar-refractivity contribution in [2.75, 3.05) is 7.05 Å². The third kappa shape index (κ3) is 3.55. The van der Waals surface area contributed by atoms with Crippen LogP contribution in [0.15, 0.2) is 23.1 Å². The average molecular weight is 282 g/mol. The molecule has 1 aromatic carbocycles. The van der Waals surface area contributed by atoms with Crippen LogP contribution in [0.1, 0.15) is 36.8 Å². The average Bonchev–Trinajstić information content (AvgIpc) is 2.84. The standard InChI is InChI=1S/C14H22N2O2S/c1-11-7-8-12(10-15-2)9-14(11)19(17,18)16-13-5-3-4-6-13/h7-9,13,15-16H,3-6,10H2,1-2H3. The third-order valence-electron chi connectivity index (χ3n) is 3.60. The van der Waals surface area contributed by atoms with Crippen molar-refractivity contribution in [3.63, 3.8) is 0 Å². The molecule has 19 heavy (non-hydrogen) atoms. The highest BCUT2D eigenvalue weighted by Gasteiger charge is 2.24. The van der Waals surface area contributed by atoms with Crippen LogP contribution in [0.5, 0.6) is 0 Å². The summed E-state index contributed by atoms with van der Waals surface area (Å²) in [7, 11) is -1.54. The number of sulfonamides is 1. The van der Waals surface area contributed by atoms with Crippen molar-refractivity contribution in [2.45, 2.75) is 50.1 Å². The first kappa shape index (κ1) is 14.5. The Kier molecular flexibility index (Phi) is 4.60. The molecule has 0 aromatic heterocycles. The molecule has 106 valence electrons. The van der Waals surface area contributed by atoms with Crippen LogP contribution in [0.4, 0.5) is 0 Å². The molecule has 0 aliphatic heterocycles. The Morgan fingerprint density at radius 2 is 1.95 bits per heavy atom. The van der Waals surface area contributed by atoms with E-state index in [0.29, 0.717) is 11.4 Å². The molecule has 0 bridgehead atoms. The Morgan fingerprint density at radius 1 is 1.26 bits per heavy atom. The molecule has 0 atom stereocenters. The number of rotatable bonds is 5. The van der Waals surface area contributed by atoms with E-state index in [1.54, 1.807) is 6.07 Å². The third-order valence-corrected chi connectivity index (χ3v) is 5.26. The van der Waals surface area contributed by atoms with Crippen LogP contribution in [-0.4, -0.2) is 21.5 Å². The fourth-order valence-electron chi connectivity index (χ4n) is 2.57. The topological polar surface area (TPSA) is 58.2 Å². The van der Waals surface area contributed by atoms with E-state index < -0.39 is 10.0 Å². The van der Waals surface area contributed by atoms with Gasteiger partial charge in [0.25, 0.3) is 0 Å². The zero-order valence-electron chi connectivity index (χ0n) is 11.6. The highest BCUT2D eigenvalue weighted by molar-refractivity contribution is 7.89. The minimum absolute atomic E-state index is 0.109. The molecule has 2 N–H and O–H groups in total.